The van der Waals surface area contributed by atoms with Crippen molar-refractivity contribution >= 4 is 11.8 Å². The summed E-state index contributed by atoms with van der Waals surface area (Å²) in [6, 6.07) is 25.1. The zero-order valence-electron chi connectivity index (χ0n) is 17.2. The number of carbonyl (C=O) groups excluding carboxylic acids is 2. The van der Waals surface area contributed by atoms with Gasteiger partial charge in [-0.15, -0.1) is 0 Å². The molecule has 1 atom stereocenters. The Kier molecular flexibility index (Phi) is 7.22. The van der Waals surface area contributed by atoms with Crippen molar-refractivity contribution in [2.45, 2.75) is 13.0 Å². The molecule has 0 radical (unpaired) electrons. The molecule has 0 aliphatic rings. The lowest BCUT2D eigenvalue weighted by molar-refractivity contribution is -0.132. The second kappa shape index (κ2) is 10.3. The van der Waals surface area contributed by atoms with Gasteiger partial charge in [0, 0.05) is 12.6 Å². The number of nitrogens with one attached hydrogen (secondary N) is 1. The van der Waals surface area contributed by atoms with Gasteiger partial charge in [0.25, 0.3) is 5.91 Å². The minimum absolute atomic E-state index is 0.195. The van der Waals surface area contributed by atoms with Crippen LogP contribution in [0.4, 0.5) is 0 Å². The molecule has 30 heavy (non-hydrogen) atoms. The number of benzene rings is 3. The van der Waals surface area contributed by atoms with Gasteiger partial charge in [-0.25, -0.2) is 0 Å². The Hall–Kier alpha value is -3.60. The summed E-state index contributed by atoms with van der Waals surface area (Å²) in [5, 5.41) is 2.88. The highest BCUT2D eigenvalue weighted by Gasteiger charge is 2.26. The van der Waals surface area contributed by atoms with E-state index in [2.05, 4.69) is 5.32 Å². The van der Waals surface area contributed by atoms with Gasteiger partial charge in [-0.1, -0.05) is 66.7 Å². The molecule has 0 aromatic heterocycles. The van der Waals surface area contributed by atoms with E-state index in [1.807, 2.05) is 67.6 Å². The molecule has 0 saturated carbocycles. The van der Waals surface area contributed by atoms with E-state index in [4.69, 9.17) is 4.74 Å². The Bertz CT molecular complexity index is 974. The number of para-hydroxylation sites is 1. The van der Waals surface area contributed by atoms with E-state index in [0.29, 0.717) is 18.7 Å². The highest BCUT2D eigenvalue weighted by molar-refractivity contribution is 5.97. The predicted octanol–water partition coefficient (Wildman–Crippen LogP) is 4.00. The number of amides is 2. The molecule has 0 fully saturated rings. The van der Waals surface area contributed by atoms with Crippen LogP contribution in [0.3, 0.4) is 0 Å². The number of rotatable bonds is 8. The Morgan fingerprint density at radius 2 is 1.50 bits per heavy atom. The van der Waals surface area contributed by atoms with Crippen molar-refractivity contribution in [3.05, 3.63) is 102 Å². The third-order valence-corrected chi connectivity index (χ3v) is 4.85. The summed E-state index contributed by atoms with van der Waals surface area (Å²) in [6.45, 7) is 2.74. The highest BCUT2D eigenvalue weighted by Crippen LogP contribution is 2.18. The first-order chi connectivity index (χ1) is 14.6. The number of ether oxygens (including phenoxy) is 1. The van der Waals surface area contributed by atoms with Crippen molar-refractivity contribution in [2.24, 2.45) is 0 Å². The highest BCUT2D eigenvalue weighted by atomic mass is 16.5. The normalized spacial score (nSPS) is 11.4. The SMILES string of the molecule is Cc1ccccc1OCCN(C)C(=O)C(NC(=O)c1ccccc1)c1ccccc1. The first-order valence-corrected chi connectivity index (χ1v) is 9.90. The van der Waals surface area contributed by atoms with E-state index in [1.165, 1.54) is 0 Å². The molecule has 2 amide bonds. The molecule has 3 rings (SSSR count). The number of aryl methyl sites for hydroxylation is 1. The van der Waals surface area contributed by atoms with Crippen molar-refractivity contribution in [3.63, 3.8) is 0 Å². The van der Waals surface area contributed by atoms with Crippen LogP contribution in [0.25, 0.3) is 0 Å². The fourth-order valence-electron chi connectivity index (χ4n) is 3.08. The Morgan fingerprint density at radius 3 is 2.17 bits per heavy atom. The van der Waals surface area contributed by atoms with Crippen LogP contribution in [0.1, 0.15) is 27.5 Å². The van der Waals surface area contributed by atoms with Crippen molar-refractivity contribution in [3.8, 4) is 5.75 Å². The first-order valence-electron chi connectivity index (χ1n) is 9.90. The molecule has 1 unspecified atom stereocenters. The van der Waals surface area contributed by atoms with Gasteiger partial charge < -0.3 is 15.0 Å². The summed E-state index contributed by atoms with van der Waals surface area (Å²) in [6.07, 6.45) is 0. The summed E-state index contributed by atoms with van der Waals surface area (Å²) < 4.78 is 5.81. The molecule has 0 saturated heterocycles. The average Bonchev–Trinajstić information content (AvgIpc) is 2.79. The fraction of sp³-hybridized carbons (Fsp3) is 0.200. The smallest absolute Gasteiger partial charge is 0.252 e. The second-order valence-corrected chi connectivity index (χ2v) is 7.06. The number of hydrogen-bond acceptors (Lipinski definition) is 3. The molecule has 0 heterocycles. The second-order valence-electron chi connectivity index (χ2n) is 7.06. The molecular weight excluding hydrogens is 376 g/mol. The van der Waals surface area contributed by atoms with Crippen LogP contribution in [0.2, 0.25) is 0 Å². The molecule has 0 bridgehead atoms. The molecule has 0 aliphatic carbocycles. The van der Waals surface area contributed by atoms with E-state index in [1.54, 1.807) is 36.2 Å². The van der Waals surface area contributed by atoms with Gasteiger partial charge in [-0.05, 0) is 36.2 Å². The van der Waals surface area contributed by atoms with Gasteiger partial charge in [0.05, 0.1) is 6.54 Å². The van der Waals surface area contributed by atoms with Gasteiger partial charge >= 0.3 is 0 Å². The van der Waals surface area contributed by atoms with Crippen LogP contribution in [0.5, 0.6) is 5.75 Å². The van der Waals surface area contributed by atoms with Gasteiger partial charge in [0.15, 0.2) is 0 Å². The quantitative estimate of drug-likeness (QED) is 0.620. The number of hydrogen-bond donors (Lipinski definition) is 1. The largest absolute Gasteiger partial charge is 0.491 e. The lowest BCUT2D eigenvalue weighted by Gasteiger charge is -2.25. The molecule has 3 aromatic rings. The standard InChI is InChI=1S/C25H26N2O3/c1-19-11-9-10-16-22(19)30-18-17-27(2)25(29)23(20-12-5-3-6-13-20)26-24(28)21-14-7-4-8-15-21/h3-16,23H,17-18H2,1-2H3,(H,26,28). The molecule has 0 aliphatic heterocycles. The van der Waals surface area contributed by atoms with Crippen molar-refractivity contribution in [1.29, 1.82) is 0 Å². The molecule has 0 spiro atoms. The summed E-state index contributed by atoms with van der Waals surface area (Å²) in [7, 11) is 1.72. The molecule has 1 N–H and O–H groups in total. The third-order valence-electron chi connectivity index (χ3n) is 4.85. The predicted molar refractivity (Wildman–Crippen MR) is 117 cm³/mol. The zero-order valence-corrected chi connectivity index (χ0v) is 17.2. The maximum Gasteiger partial charge on any atom is 0.252 e. The number of carbonyl (C=O) groups is 2. The van der Waals surface area contributed by atoms with Gasteiger partial charge in [0.2, 0.25) is 5.91 Å². The van der Waals surface area contributed by atoms with Gasteiger partial charge in [-0.2, -0.15) is 0 Å². The maximum atomic E-state index is 13.2. The minimum atomic E-state index is -0.776. The lowest BCUT2D eigenvalue weighted by Crippen LogP contribution is -2.42. The molecule has 5 heteroatoms. The summed E-state index contributed by atoms with van der Waals surface area (Å²) in [5.74, 6) is 0.316. The number of nitrogens with zero attached hydrogens (tertiary/aromatic N) is 1. The Labute approximate surface area is 177 Å². The molecule has 3 aromatic carbocycles. The Morgan fingerprint density at radius 1 is 0.900 bits per heavy atom. The minimum Gasteiger partial charge on any atom is -0.491 e. The first kappa shape index (κ1) is 21.1. The monoisotopic (exact) mass is 402 g/mol. The fourth-order valence-corrected chi connectivity index (χ4v) is 3.08. The van der Waals surface area contributed by atoms with Crippen molar-refractivity contribution < 1.29 is 14.3 Å². The van der Waals surface area contributed by atoms with E-state index in [-0.39, 0.29) is 11.8 Å². The Balaban J connectivity index is 1.68. The zero-order chi connectivity index (χ0) is 21.3. The van der Waals surface area contributed by atoms with Crippen LogP contribution < -0.4 is 10.1 Å². The van der Waals surface area contributed by atoms with Crippen LogP contribution in [0.15, 0.2) is 84.9 Å². The van der Waals surface area contributed by atoms with E-state index in [0.717, 1.165) is 16.9 Å². The lowest BCUT2D eigenvalue weighted by atomic mass is 10.0. The van der Waals surface area contributed by atoms with Crippen molar-refractivity contribution in [1.82, 2.24) is 10.2 Å². The summed E-state index contributed by atoms with van der Waals surface area (Å²) in [4.78, 5) is 27.4. The van der Waals surface area contributed by atoms with Gasteiger partial charge in [0.1, 0.15) is 18.4 Å². The van der Waals surface area contributed by atoms with E-state index >= 15 is 0 Å². The molecule has 154 valence electrons. The maximum absolute atomic E-state index is 13.2. The van der Waals surface area contributed by atoms with E-state index in [9.17, 15) is 9.59 Å². The van der Waals surface area contributed by atoms with Crippen LogP contribution in [0, 0.1) is 6.92 Å². The average molecular weight is 402 g/mol. The number of likely N-dealkylation sites (N-methyl/N-ethyl adjacent to an activating group) is 1. The summed E-state index contributed by atoms with van der Waals surface area (Å²) in [5.41, 5.74) is 2.29. The van der Waals surface area contributed by atoms with Crippen LogP contribution in [-0.2, 0) is 4.79 Å². The van der Waals surface area contributed by atoms with Crippen molar-refractivity contribution in [2.75, 3.05) is 20.2 Å². The van der Waals surface area contributed by atoms with Crippen LogP contribution in [-0.4, -0.2) is 36.9 Å². The summed E-state index contributed by atoms with van der Waals surface area (Å²) >= 11 is 0. The third kappa shape index (κ3) is 5.47. The molecular formula is C25H26N2O3. The molecule has 5 nitrogen and oxygen atoms in total. The van der Waals surface area contributed by atoms with Crippen LogP contribution >= 0.6 is 0 Å². The van der Waals surface area contributed by atoms with E-state index < -0.39 is 6.04 Å². The topological polar surface area (TPSA) is 58.6 Å². The van der Waals surface area contributed by atoms with Gasteiger partial charge in [-0.3, -0.25) is 9.59 Å².